The van der Waals surface area contributed by atoms with Crippen LogP contribution in [0.5, 0.6) is 0 Å². The number of nitrogens with two attached hydrogens (primary N) is 1. The van der Waals surface area contributed by atoms with Crippen LogP contribution in [0.2, 0.25) is 0 Å². The second-order valence-corrected chi connectivity index (χ2v) is 8.01. The molecule has 0 atom stereocenters. The standard InChI is InChI=1S/C20H21N7OS/c21-20-24-18(13-7-12-29-19(13)25-20)27-10-8-26(9-11-27)17(28)6-5-16-22-14-3-1-2-4-15(14)23-16/h1-4,7,12H,5-6,8-11H2,(H,22,23)(H2,21,24,25). The van der Waals surface area contributed by atoms with Crippen LogP contribution in [0.25, 0.3) is 21.3 Å². The van der Waals surface area contributed by atoms with Crippen LogP contribution in [-0.4, -0.2) is 56.9 Å². The number of carbonyl (C=O) groups is 1. The predicted octanol–water partition coefficient (Wildman–Crippen LogP) is 2.43. The van der Waals surface area contributed by atoms with Gasteiger partial charge in [-0.1, -0.05) is 12.1 Å². The normalized spacial score (nSPS) is 14.8. The zero-order valence-electron chi connectivity index (χ0n) is 15.8. The van der Waals surface area contributed by atoms with Gasteiger partial charge < -0.3 is 20.5 Å². The van der Waals surface area contributed by atoms with Crippen LogP contribution >= 0.6 is 11.3 Å². The molecule has 8 nitrogen and oxygen atoms in total. The molecule has 3 N–H and O–H groups in total. The second kappa shape index (κ2) is 7.32. The zero-order valence-corrected chi connectivity index (χ0v) is 16.7. The van der Waals surface area contributed by atoms with Crippen molar-refractivity contribution in [3.8, 4) is 0 Å². The summed E-state index contributed by atoms with van der Waals surface area (Å²) in [5.74, 6) is 2.17. The number of aromatic amines is 1. The molecule has 0 spiro atoms. The Morgan fingerprint density at radius 3 is 2.76 bits per heavy atom. The Morgan fingerprint density at radius 2 is 1.93 bits per heavy atom. The highest BCUT2D eigenvalue weighted by Gasteiger charge is 2.24. The summed E-state index contributed by atoms with van der Waals surface area (Å²) in [5, 5.41) is 3.02. The van der Waals surface area contributed by atoms with Gasteiger partial charge in [-0.2, -0.15) is 4.98 Å². The Bertz CT molecular complexity index is 1140. The quantitative estimate of drug-likeness (QED) is 0.538. The number of anilines is 2. The maximum Gasteiger partial charge on any atom is 0.223 e. The number of H-pyrrole nitrogens is 1. The van der Waals surface area contributed by atoms with Crippen molar-refractivity contribution >= 4 is 50.3 Å². The van der Waals surface area contributed by atoms with E-state index in [1.54, 1.807) is 11.3 Å². The number of para-hydroxylation sites is 2. The molecule has 0 radical (unpaired) electrons. The number of benzene rings is 1. The fourth-order valence-corrected chi connectivity index (χ4v) is 4.54. The van der Waals surface area contributed by atoms with Crippen molar-refractivity contribution in [1.82, 2.24) is 24.8 Å². The van der Waals surface area contributed by atoms with Crippen molar-refractivity contribution in [2.45, 2.75) is 12.8 Å². The number of hydrogen-bond donors (Lipinski definition) is 2. The number of amides is 1. The molecule has 1 amide bonds. The van der Waals surface area contributed by atoms with Gasteiger partial charge >= 0.3 is 0 Å². The predicted molar refractivity (Wildman–Crippen MR) is 115 cm³/mol. The van der Waals surface area contributed by atoms with Crippen molar-refractivity contribution in [2.24, 2.45) is 0 Å². The molecule has 1 saturated heterocycles. The summed E-state index contributed by atoms with van der Waals surface area (Å²) in [7, 11) is 0. The molecule has 4 heterocycles. The topological polar surface area (TPSA) is 104 Å². The number of nitrogens with one attached hydrogen (secondary N) is 1. The van der Waals surface area contributed by atoms with E-state index in [2.05, 4.69) is 24.8 Å². The number of fused-ring (bicyclic) bond motifs is 2. The smallest absolute Gasteiger partial charge is 0.223 e. The zero-order chi connectivity index (χ0) is 19.8. The fourth-order valence-electron chi connectivity index (χ4n) is 3.77. The molecule has 148 valence electrons. The van der Waals surface area contributed by atoms with Gasteiger partial charge in [-0.15, -0.1) is 11.3 Å². The van der Waals surface area contributed by atoms with Crippen LogP contribution in [-0.2, 0) is 11.2 Å². The van der Waals surface area contributed by atoms with Crippen LogP contribution in [0.3, 0.4) is 0 Å². The highest BCUT2D eigenvalue weighted by Crippen LogP contribution is 2.29. The molecule has 0 saturated carbocycles. The van der Waals surface area contributed by atoms with E-state index < -0.39 is 0 Å². The van der Waals surface area contributed by atoms with Gasteiger partial charge in [0.05, 0.1) is 16.4 Å². The summed E-state index contributed by atoms with van der Waals surface area (Å²) >= 11 is 1.56. The SMILES string of the molecule is Nc1nc(N2CCN(C(=O)CCc3nc4ccccc4[nH]3)CC2)c2ccsc2n1. The van der Waals surface area contributed by atoms with E-state index in [-0.39, 0.29) is 5.91 Å². The first kappa shape index (κ1) is 17.9. The van der Waals surface area contributed by atoms with Gasteiger partial charge in [0.25, 0.3) is 0 Å². The Kier molecular flexibility index (Phi) is 4.51. The third kappa shape index (κ3) is 3.49. The molecule has 1 aliphatic heterocycles. The van der Waals surface area contributed by atoms with Crippen molar-refractivity contribution in [1.29, 1.82) is 0 Å². The highest BCUT2D eigenvalue weighted by molar-refractivity contribution is 7.16. The summed E-state index contributed by atoms with van der Waals surface area (Å²) in [6.07, 6.45) is 1.07. The van der Waals surface area contributed by atoms with Crippen LogP contribution in [0.15, 0.2) is 35.7 Å². The molecule has 3 aromatic heterocycles. The van der Waals surface area contributed by atoms with E-state index in [4.69, 9.17) is 5.73 Å². The Morgan fingerprint density at radius 1 is 1.10 bits per heavy atom. The maximum absolute atomic E-state index is 12.7. The minimum absolute atomic E-state index is 0.160. The number of nitrogen functional groups attached to an aromatic ring is 1. The van der Waals surface area contributed by atoms with Crippen molar-refractivity contribution in [3.05, 3.63) is 41.5 Å². The Labute approximate surface area is 171 Å². The molecular formula is C20H21N7OS. The minimum atomic E-state index is 0.160. The number of hydrogen-bond acceptors (Lipinski definition) is 7. The fraction of sp³-hybridized carbons (Fsp3) is 0.300. The number of aryl methyl sites for hydroxylation is 1. The molecule has 5 rings (SSSR count). The second-order valence-electron chi connectivity index (χ2n) is 7.11. The molecule has 29 heavy (non-hydrogen) atoms. The Balaban J connectivity index is 1.21. The van der Waals surface area contributed by atoms with Crippen LogP contribution < -0.4 is 10.6 Å². The minimum Gasteiger partial charge on any atom is -0.368 e. The van der Waals surface area contributed by atoms with Gasteiger partial charge in [-0.25, -0.2) is 9.97 Å². The average Bonchev–Trinajstić information content (AvgIpc) is 3.37. The first-order chi connectivity index (χ1) is 14.2. The van der Waals surface area contributed by atoms with E-state index in [9.17, 15) is 4.79 Å². The van der Waals surface area contributed by atoms with E-state index in [0.29, 0.717) is 31.9 Å². The lowest BCUT2D eigenvalue weighted by Crippen LogP contribution is -2.49. The molecule has 1 aliphatic rings. The van der Waals surface area contributed by atoms with Gasteiger partial charge in [-0.05, 0) is 23.6 Å². The lowest BCUT2D eigenvalue weighted by atomic mass is 10.2. The van der Waals surface area contributed by atoms with Crippen LogP contribution in [0.4, 0.5) is 11.8 Å². The monoisotopic (exact) mass is 407 g/mol. The van der Waals surface area contributed by atoms with Gasteiger partial charge in [0.15, 0.2) is 0 Å². The number of thiophene rings is 1. The first-order valence-electron chi connectivity index (χ1n) is 9.64. The highest BCUT2D eigenvalue weighted by atomic mass is 32.1. The van der Waals surface area contributed by atoms with Gasteiger partial charge in [0, 0.05) is 39.0 Å². The molecule has 0 aliphatic carbocycles. The number of aromatic nitrogens is 4. The lowest BCUT2D eigenvalue weighted by molar-refractivity contribution is -0.131. The third-order valence-corrected chi connectivity index (χ3v) is 6.07. The molecule has 9 heteroatoms. The number of carbonyl (C=O) groups excluding carboxylic acids is 1. The van der Waals surface area contributed by atoms with Gasteiger partial charge in [-0.3, -0.25) is 4.79 Å². The van der Waals surface area contributed by atoms with E-state index in [0.717, 1.165) is 46.0 Å². The molecule has 1 aromatic carbocycles. The molecule has 1 fully saturated rings. The molecular weight excluding hydrogens is 386 g/mol. The van der Waals surface area contributed by atoms with E-state index in [1.165, 1.54) is 0 Å². The maximum atomic E-state index is 12.7. The summed E-state index contributed by atoms with van der Waals surface area (Å²) in [5.41, 5.74) is 7.82. The first-order valence-corrected chi connectivity index (χ1v) is 10.5. The lowest BCUT2D eigenvalue weighted by Gasteiger charge is -2.35. The van der Waals surface area contributed by atoms with Gasteiger partial charge in [0.1, 0.15) is 16.5 Å². The van der Waals surface area contributed by atoms with Crippen LogP contribution in [0.1, 0.15) is 12.2 Å². The Hall–Kier alpha value is -3.20. The summed E-state index contributed by atoms with van der Waals surface area (Å²) in [6.45, 7) is 2.82. The number of imidazole rings is 1. The van der Waals surface area contributed by atoms with E-state index in [1.807, 2.05) is 40.6 Å². The van der Waals surface area contributed by atoms with Gasteiger partial charge in [0.2, 0.25) is 11.9 Å². The summed E-state index contributed by atoms with van der Waals surface area (Å²) < 4.78 is 0. The van der Waals surface area contributed by atoms with Crippen LogP contribution in [0, 0.1) is 0 Å². The summed E-state index contributed by atoms with van der Waals surface area (Å²) in [6, 6.07) is 9.94. The average molecular weight is 408 g/mol. The van der Waals surface area contributed by atoms with Crippen molar-refractivity contribution in [3.63, 3.8) is 0 Å². The largest absolute Gasteiger partial charge is 0.368 e. The molecule has 0 unspecified atom stereocenters. The summed E-state index contributed by atoms with van der Waals surface area (Å²) in [4.78, 5) is 34.3. The third-order valence-electron chi connectivity index (χ3n) is 5.27. The van der Waals surface area contributed by atoms with E-state index >= 15 is 0 Å². The number of rotatable bonds is 4. The van der Waals surface area contributed by atoms with Crippen molar-refractivity contribution in [2.75, 3.05) is 36.8 Å². The molecule has 4 aromatic rings. The number of piperazine rings is 1. The number of nitrogens with zero attached hydrogens (tertiary/aromatic N) is 5. The van der Waals surface area contributed by atoms with Crippen molar-refractivity contribution < 1.29 is 4.79 Å². The molecule has 0 bridgehead atoms.